The Kier molecular flexibility index (Phi) is 4.49. The second kappa shape index (κ2) is 5.68. The van der Waals surface area contributed by atoms with E-state index >= 15 is 0 Å². The first-order valence-electron chi connectivity index (χ1n) is 5.32. The quantitative estimate of drug-likeness (QED) is 0.633. The van der Waals surface area contributed by atoms with Crippen molar-refractivity contribution < 1.29 is 9.72 Å². The molecule has 1 aromatic carbocycles. The lowest BCUT2D eigenvalue weighted by Gasteiger charge is -2.20. The van der Waals surface area contributed by atoms with Crippen molar-refractivity contribution in [3.63, 3.8) is 0 Å². The molecular formula is C11H14ClN3O3. The number of nitrogens with zero attached hydrogens (tertiary/aromatic N) is 1. The summed E-state index contributed by atoms with van der Waals surface area (Å²) in [6.45, 7) is 3.58. The molecule has 0 aromatic heterocycles. The Morgan fingerprint density at radius 2 is 2.11 bits per heavy atom. The molecule has 0 fully saturated rings. The second-order valence-electron chi connectivity index (χ2n) is 4.19. The van der Waals surface area contributed by atoms with Crippen molar-refractivity contribution in [3.05, 3.63) is 33.3 Å². The maximum Gasteiger partial charge on any atom is 0.292 e. The highest BCUT2D eigenvalue weighted by atomic mass is 35.5. The van der Waals surface area contributed by atoms with Crippen molar-refractivity contribution in [1.82, 2.24) is 0 Å². The molecule has 1 unspecified atom stereocenters. The molecule has 0 aliphatic carbocycles. The predicted molar refractivity (Wildman–Crippen MR) is 69.5 cm³/mol. The van der Waals surface area contributed by atoms with Gasteiger partial charge < -0.3 is 11.1 Å². The predicted octanol–water partition coefficient (Wildman–Crippen LogP) is 2.17. The van der Waals surface area contributed by atoms with E-state index in [9.17, 15) is 14.9 Å². The molecule has 6 nitrogen and oxygen atoms in total. The summed E-state index contributed by atoms with van der Waals surface area (Å²) in [5.74, 6) is -0.666. The van der Waals surface area contributed by atoms with Crippen molar-refractivity contribution in [2.24, 2.45) is 11.7 Å². The fourth-order valence-corrected chi connectivity index (χ4v) is 1.69. The number of nitro benzene ring substituents is 1. The molecule has 1 aromatic rings. The smallest absolute Gasteiger partial charge is 0.292 e. The van der Waals surface area contributed by atoms with Gasteiger partial charge in [-0.15, -0.1) is 0 Å². The van der Waals surface area contributed by atoms with Crippen molar-refractivity contribution in [3.8, 4) is 0 Å². The maximum absolute atomic E-state index is 11.3. The van der Waals surface area contributed by atoms with Crippen LogP contribution in [-0.2, 0) is 4.79 Å². The SMILES string of the molecule is CC(C)C(Nc1cc(Cl)ccc1[N+](=O)[O-])C(N)=O. The maximum atomic E-state index is 11.3. The van der Waals surface area contributed by atoms with Gasteiger partial charge in [0.15, 0.2) is 0 Å². The number of nitro groups is 1. The normalized spacial score (nSPS) is 12.2. The molecule has 1 amide bonds. The number of anilines is 1. The molecule has 0 saturated heterocycles. The molecule has 3 N–H and O–H groups in total. The number of halogens is 1. The van der Waals surface area contributed by atoms with Crippen LogP contribution in [0.25, 0.3) is 0 Å². The van der Waals surface area contributed by atoms with Gasteiger partial charge in [0.1, 0.15) is 11.7 Å². The minimum Gasteiger partial charge on any atom is -0.368 e. The molecular weight excluding hydrogens is 258 g/mol. The molecule has 18 heavy (non-hydrogen) atoms. The Hall–Kier alpha value is -1.82. The van der Waals surface area contributed by atoms with Gasteiger partial charge in [-0.1, -0.05) is 25.4 Å². The average Bonchev–Trinajstić information content (AvgIpc) is 2.24. The monoisotopic (exact) mass is 271 g/mol. The average molecular weight is 272 g/mol. The fourth-order valence-electron chi connectivity index (χ4n) is 1.52. The summed E-state index contributed by atoms with van der Waals surface area (Å²) in [6.07, 6.45) is 0. The van der Waals surface area contributed by atoms with E-state index in [1.807, 2.05) is 0 Å². The summed E-state index contributed by atoms with van der Waals surface area (Å²) in [7, 11) is 0. The Morgan fingerprint density at radius 1 is 1.50 bits per heavy atom. The van der Waals surface area contributed by atoms with E-state index < -0.39 is 16.9 Å². The largest absolute Gasteiger partial charge is 0.368 e. The van der Waals surface area contributed by atoms with E-state index in [4.69, 9.17) is 17.3 Å². The molecule has 0 saturated carbocycles. The molecule has 7 heteroatoms. The van der Waals surface area contributed by atoms with E-state index in [1.165, 1.54) is 18.2 Å². The minimum absolute atomic E-state index is 0.0962. The lowest BCUT2D eigenvalue weighted by atomic mass is 10.0. The number of nitrogens with one attached hydrogen (secondary N) is 1. The van der Waals surface area contributed by atoms with Crippen LogP contribution < -0.4 is 11.1 Å². The van der Waals surface area contributed by atoms with Gasteiger partial charge in [-0.2, -0.15) is 0 Å². The van der Waals surface area contributed by atoms with Gasteiger partial charge >= 0.3 is 0 Å². The first-order chi connectivity index (χ1) is 8.32. The van der Waals surface area contributed by atoms with E-state index in [0.717, 1.165) is 0 Å². The zero-order chi connectivity index (χ0) is 13.9. The summed E-state index contributed by atoms with van der Waals surface area (Å²) >= 11 is 5.79. The van der Waals surface area contributed by atoms with Crippen LogP contribution >= 0.6 is 11.6 Å². The molecule has 0 heterocycles. The molecule has 0 bridgehead atoms. The van der Waals surface area contributed by atoms with E-state index in [1.54, 1.807) is 13.8 Å². The van der Waals surface area contributed by atoms with Crippen LogP contribution in [0.2, 0.25) is 5.02 Å². The third-order valence-corrected chi connectivity index (χ3v) is 2.67. The van der Waals surface area contributed by atoms with Crippen LogP contribution in [0.3, 0.4) is 0 Å². The topological polar surface area (TPSA) is 98.3 Å². The number of primary amides is 1. The number of amides is 1. The number of benzene rings is 1. The lowest BCUT2D eigenvalue weighted by molar-refractivity contribution is -0.384. The summed E-state index contributed by atoms with van der Waals surface area (Å²) in [5.41, 5.74) is 5.28. The minimum atomic E-state index is -0.692. The fraction of sp³-hybridized carbons (Fsp3) is 0.364. The zero-order valence-corrected chi connectivity index (χ0v) is 10.8. The summed E-state index contributed by atoms with van der Waals surface area (Å²) in [5, 5.41) is 14.0. The lowest BCUT2D eigenvalue weighted by Crippen LogP contribution is -2.39. The number of carbonyl (C=O) groups excluding carboxylic acids is 1. The van der Waals surface area contributed by atoms with Gasteiger partial charge in [0.2, 0.25) is 5.91 Å². The molecule has 1 atom stereocenters. The van der Waals surface area contributed by atoms with Crippen molar-refractivity contribution in [2.45, 2.75) is 19.9 Å². The van der Waals surface area contributed by atoms with Crippen molar-refractivity contribution in [2.75, 3.05) is 5.32 Å². The first-order valence-corrected chi connectivity index (χ1v) is 5.70. The van der Waals surface area contributed by atoms with Gasteiger partial charge in [0.05, 0.1) is 4.92 Å². The number of carbonyl (C=O) groups is 1. The van der Waals surface area contributed by atoms with E-state index in [-0.39, 0.29) is 17.3 Å². The zero-order valence-electron chi connectivity index (χ0n) is 10.0. The van der Waals surface area contributed by atoms with Gasteiger partial charge in [0.25, 0.3) is 5.69 Å². The van der Waals surface area contributed by atoms with Crippen LogP contribution in [0.1, 0.15) is 13.8 Å². The van der Waals surface area contributed by atoms with Crippen molar-refractivity contribution >= 4 is 28.9 Å². The third-order valence-electron chi connectivity index (χ3n) is 2.44. The van der Waals surface area contributed by atoms with E-state index in [2.05, 4.69) is 5.32 Å². The molecule has 1 rings (SSSR count). The van der Waals surface area contributed by atoms with Gasteiger partial charge in [0, 0.05) is 11.1 Å². The van der Waals surface area contributed by atoms with Crippen molar-refractivity contribution in [1.29, 1.82) is 0 Å². The highest BCUT2D eigenvalue weighted by Gasteiger charge is 2.23. The molecule has 98 valence electrons. The number of rotatable bonds is 5. The number of hydrogen-bond donors (Lipinski definition) is 2. The Labute approximate surface area is 109 Å². The first kappa shape index (κ1) is 14.2. The molecule has 0 aliphatic rings. The Bertz CT molecular complexity index is 477. The highest BCUT2D eigenvalue weighted by molar-refractivity contribution is 6.31. The third kappa shape index (κ3) is 3.33. The summed E-state index contributed by atoms with van der Waals surface area (Å²) in [6, 6.07) is 3.41. The highest BCUT2D eigenvalue weighted by Crippen LogP contribution is 2.28. The summed E-state index contributed by atoms with van der Waals surface area (Å²) < 4.78 is 0. The Morgan fingerprint density at radius 3 is 2.56 bits per heavy atom. The second-order valence-corrected chi connectivity index (χ2v) is 4.62. The summed E-state index contributed by atoms with van der Waals surface area (Å²) in [4.78, 5) is 21.6. The molecule has 0 aliphatic heterocycles. The van der Waals surface area contributed by atoms with Crippen LogP contribution in [0.15, 0.2) is 18.2 Å². The molecule has 0 radical (unpaired) electrons. The van der Waals surface area contributed by atoms with Gasteiger partial charge in [-0.3, -0.25) is 14.9 Å². The standard InChI is InChI=1S/C11H14ClN3O3/c1-6(2)10(11(13)16)14-8-5-7(12)3-4-9(8)15(17)18/h3-6,10,14H,1-2H3,(H2,13,16). The van der Waals surface area contributed by atoms with Gasteiger partial charge in [-0.05, 0) is 18.1 Å². The van der Waals surface area contributed by atoms with Crippen LogP contribution in [0.4, 0.5) is 11.4 Å². The van der Waals surface area contributed by atoms with Gasteiger partial charge in [-0.25, -0.2) is 0 Å². The van der Waals surface area contributed by atoms with Crippen LogP contribution in [0.5, 0.6) is 0 Å². The van der Waals surface area contributed by atoms with Crippen LogP contribution in [-0.4, -0.2) is 16.9 Å². The van der Waals surface area contributed by atoms with E-state index in [0.29, 0.717) is 5.02 Å². The number of nitrogens with two attached hydrogens (primary N) is 1. The molecule has 0 spiro atoms. The van der Waals surface area contributed by atoms with Crippen LogP contribution in [0, 0.1) is 16.0 Å². The number of hydrogen-bond acceptors (Lipinski definition) is 4. The Balaban J connectivity index is 3.12.